The minimum Gasteiger partial charge on any atom is -0.491 e. The number of likely N-dealkylation sites (tertiary alicyclic amines) is 2. The minimum atomic E-state index is -0.619. The molecule has 0 radical (unpaired) electrons. The van der Waals surface area contributed by atoms with Crippen LogP contribution < -0.4 is 9.47 Å². The average molecular weight is 1480 g/mol. The number of benzene rings is 7. The largest absolute Gasteiger partial charge is 0.491 e. The van der Waals surface area contributed by atoms with Crippen molar-refractivity contribution in [2.45, 2.75) is 80.4 Å². The Morgan fingerprint density at radius 1 is 0.406 bits per heavy atom. The molecule has 5 aliphatic heterocycles. The third-order valence-corrected chi connectivity index (χ3v) is 24.1. The molecule has 16 rings (SSSR count). The topological polar surface area (TPSA) is 213 Å². The lowest BCUT2D eigenvalue weighted by molar-refractivity contribution is -0.124. The number of rotatable bonds is 10. The fourth-order valence-electron chi connectivity index (χ4n) is 13.7. The molecule has 2 saturated heterocycles. The molecule has 4 aliphatic carbocycles. The highest BCUT2D eigenvalue weighted by atomic mass is 79.9. The van der Waals surface area contributed by atoms with Crippen LogP contribution in [0.2, 0.25) is 0 Å². The van der Waals surface area contributed by atoms with Crippen molar-refractivity contribution < 1.29 is 67.5 Å². The smallest absolute Gasteiger partial charge is 0.243 e. The van der Waals surface area contributed by atoms with Gasteiger partial charge in [0.15, 0.2) is 0 Å². The number of hydrogen-bond acceptors (Lipinski definition) is 19. The molecule has 16 nitrogen and oxygen atoms in total. The lowest BCUT2D eigenvalue weighted by Crippen LogP contribution is -2.51. The number of Topliss-reactive ketones (excluding diaryl/α,β-unsaturated/α-hetero) is 7. The van der Waals surface area contributed by atoms with Crippen LogP contribution in [-0.4, -0.2) is 159 Å². The van der Waals surface area contributed by atoms with Crippen molar-refractivity contribution in [2.24, 2.45) is 0 Å². The van der Waals surface area contributed by atoms with Crippen molar-refractivity contribution in [1.29, 1.82) is 0 Å². The monoisotopic (exact) mass is 1470 g/mol. The summed E-state index contributed by atoms with van der Waals surface area (Å²) >= 11 is 11.3. The Kier molecular flexibility index (Phi) is 19.0. The maximum absolute atomic E-state index is 12.7. The highest BCUT2D eigenvalue weighted by molar-refractivity contribution is 9.10. The molecule has 7 aromatic carbocycles. The first-order chi connectivity index (χ1) is 46.4. The van der Waals surface area contributed by atoms with Gasteiger partial charge in [0.25, 0.3) is 0 Å². The normalized spacial score (nSPS) is 20.7. The Bertz CT molecular complexity index is 4460. The van der Waals surface area contributed by atoms with Gasteiger partial charge < -0.3 is 43.7 Å². The van der Waals surface area contributed by atoms with Gasteiger partial charge in [-0.1, -0.05) is 123 Å². The van der Waals surface area contributed by atoms with E-state index in [0.29, 0.717) is 121 Å². The van der Waals surface area contributed by atoms with Crippen LogP contribution in [0.25, 0.3) is 38.8 Å². The molecule has 3 fully saturated rings. The SMILES string of the molecule is O=C1C(=O)c2ccc(Br)cc2C2=C1SCC1(CCN(C[C@H](O)COc3ccc4cc(Br)ccc4c3)CC1)O2.O=C1C(=O)c2ccccc2C2=C1SCC1(CCN(C[C@H](O)COc3ccc4ccccc4c3)CC1)O2.O=C1CCC2(CC1)CSC1=C(O2)c2ccccc2C(=O)C1=O. The van der Waals surface area contributed by atoms with E-state index in [4.69, 9.17) is 23.7 Å². The Labute approximate surface area is 583 Å². The number of carbonyl (C=O) groups is 7. The van der Waals surface area contributed by atoms with Crippen molar-refractivity contribution in [3.05, 3.63) is 203 Å². The molecule has 0 bridgehead atoms. The summed E-state index contributed by atoms with van der Waals surface area (Å²) in [5, 5.41) is 25.8. The number of carbonyl (C=O) groups excluding carboxylic acids is 7. The van der Waals surface area contributed by atoms with Gasteiger partial charge in [-0.25, -0.2) is 0 Å². The molecule has 0 unspecified atom stereocenters. The third kappa shape index (κ3) is 13.6. The zero-order valence-electron chi connectivity index (χ0n) is 52.1. The van der Waals surface area contributed by atoms with Gasteiger partial charge >= 0.3 is 0 Å². The van der Waals surface area contributed by atoms with Crippen LogP contribution in [0.3, 0.4) is 0 Å². The zero-order chi connectivity index (χ0) is 66.5. The van der Waals surface area contributed by atoms with Crippen molar-refractivity contribution >= 4 is 146 Å². The van der Waals surface area contributed by atoms with Gasteiger partial charge in [0.1, 0.15) is 91.5 Å². The first-order valence-corrected chi connectivity index (χ1v) is 36.7. The molecule has 492 valence electrons. The van der Waals surface area contributed by atoms with E-state index in [-0.39, 0.29) is 30.2 Å². The predicted octanol–water partition coefficient (Wildman–Crippen LogP) is 12.9. The molecule has 2 N–H and O–H groups in total. The van der Waals surface area contributed by atoms with Crippen LogP contribution in [0.5, 0.6) is 11.5 Å². The number of β-amino-alcohol motifs (C(OH)–C–C–N with tert-alkyl or cyclic N) is 2. The molecule has 0 aromatic heterocycles. The average Bonchev–Trinajstić information content (AvgIpc) is 0.755. The highest BCUT2D eigenvalue weighted by Gasteiger charge is 2.49. The van der Waals surface area contributed by atoms with E-state index in [1.54, 1.807) is 36.4 Å². The molecule has 21 heteroatoms. The van der Waals surface area contributed by atoms with Crippen LogP contribution in [0.4, 0.5) is 0 Å². The van der Waals surface area contributed by atoms with E-state index in [1.165, 1.54) is 35.3 Å². The number of piperidine rings is 2. The quantitative estimate of drug-likeness (QED) is 0.122. The van der Waals surface area contributed by atoms with E-state index in [2.05, 4.69) is 53.8 Å². The summed E-state index contributed by atoms with van der Waals surface area (Å²) in [6, 6.07) is 45.7. The number of ketones is 7. The standard InChI is InChI=1S/C29H25Br2NO5S.C29H27NO5S.C17H14O4S/c30-19-3-1-18-12-22(5-2-17(18)11-19)36-15-21(33)14-32-9-7-29(8-10-32)16-38-28-26(35)25(34)23-6-4-20(31)13-24(23)27(28)37-29;31-21(17-34-22-10-9-19-5-1-2-6-20(19)15-22)16-30-13-11-29(12-14-30)18-36-28-26(33)25(32)23-7-3-4-8-24(23)27(28)35-29;18-10-5-7-17(8-6-10)9-22-16-14(20)13(19)11-3-1-2-4-12(11)15(16)21-17/h1-6,11-13,21,33H,7-10,14-16H2;1-10,15,21,31H,11-14,16-18H2;1-4H,5-9H2/t2*21-;/m00./s1. The number of halogens is 2. The molecule has 0 amide bonds. The lowest BCUT2D eigenvalue weighted by atomic mass is 9.84. The number of fused-ring (bicyclic) bond motifs is 8. The first kappa shape index (κ1) is 66.1. The van der Waals surface area contributed by atoms with Crippen LogP contribution in [0, 0.1) is 0 Å². The van der Waals surface area contributed by atoms with Crippen LogP contribution >= 0.6 is 67.1 Å². The van der Waals surface area contributed by atoms with Crippen LogP contribution in [-0.2, 0) is 33.4 Å². The molecule has 3 spiro atoms. The molecule has 96 heavy (non-hydrogen) atoms. The zero-order valence-corrected chi connectivity index (χ0v) is 57.7. The van der Waals surface area contributed by atoms with E-state index in [1.807, 2.05) is 97.1 Å². The van der Waals surface area contributed by atoms with Crippen LogP contribution in [0.1, 0.15) is 99.1 Å². The fourth-order valence-corrected chi connectivity index (χ4v) is 18.2. The molecule has 5 heterocycles. The summed E-state index contributed by atoms with van der Waals surface area (Å²) < 4.78 is 33.0. The predicted molar refractivity (Wildman–Crippen MR) is 378 cm³/mol. The number of aliphatic hydroxyl groups excluding tert-OH is 2. The first-order valence-electron chi connectivity index (χ1n) is 32.1. The number of nitrogens with zero attached hydrogens (tertiary/aromatic N) is 2. The van der Waals surface area contributed by atoms with Gasteiger partial charge in [0.05, 0.1) is 0 Å². The molecule has 9 aliphatic rings. The van der Waals surface area contributed by atoms with Crippen molar-refractivity contribution in [3.8, 4) is 11.5 Å². The second-order valence-corrected chi connectivity index (χ2v) is 30.5. The molecule has 2 atom stereocenters. The number of allylic oxidation sites excluding steroid dienone is 3. The summed E-state index contributed by atoms with van der Waals surface area (Å²) in [5.41, 5.74) is 2.17. The summed E-state index contributed by atoms with van der Waals surface area (Å²) in [6.07, 6.45) is 4.32. The van der Waals surface area contributed by atoms with Gasteiger partial charge in [0, 0.05) is 137 Å². The van der Waals surface area contributed by atoms with Gasteiger partial charge in [-0.05, 0) is 89.0 Å². The maximum Gasteiger partial charge on any atom is 0.243 e. The molecular weight excluding hydrogens is 1410 g/mol. The van der Waals surface area contributed by atoms with Gasteiger partial charge in [0.2, 0.25) is 34.7 Å². The Hall–Kier alpha value is -7.18. The van der Waals surface area contributed by atoms with Crippen molar-refractivity contribution in [1.82, 2.24) is 9.80 Å². The number of thioether (sulfide) groups is 3. The second-order valence-electron chi connectivity index (χ2n) is 25.7. The molecular formula is C75H66Br2N2O14S3. The second kappa shape index (κ2) is 27.6. The Balaban J connectivity index is 0.000000128. The summed E-state index contributed by atoms with van der Waals surface area (Å²) in [7, 11) is 0. The summed E-state index contributed by atoms with van der Waals surface area (Å²) in [4.78, 5) is 92.2. The number of ether oxygens (including phenoxy) is 5. The van der Waals surface area contributed by atoms with E-state index in [0.717, 1.165) is 93.9 Å². The van der Waals surface area contributed by atoms with E-state index >= 15 is 0 Å². The van der Waals surface area contributed by atoms with Gasteiger partial charge in [-0.2, -0.15) is 0 Å². The minimum absolute atomic E-state index is 0.216. The van der Waals surface area contributed by atoms with Crippen molar-refractivity contribution in [3.63, 3.8) is 0 Å². The Morgan fingerprint density at radius 3 is 1.26 bits per heavy atom. The van der Waals surface area contributed by atoms with Gasteiger partial charge in [-0.15, -0.1) is 35.3 Å². The number of hydrogen-bond donors (Lipinski definition) is 2. The summed E-state index contributed by atoms with van der Waals surface area (Å²) in [5.74, 6) is 2.50. The highest BCUT2D eigenvalue weighted by Crippen LogP contribution is 2.51. The van der Waals surface area contributed by atoms with Crippen molar-refractivity contribution in [2.75, 3.05) is 69.7 Å². The fraction of sp³-hybridized carbons (Fsp3) is 0.320. The van der Waals surface area contributed by atoms with Crippen LogP contribution in [0.15, 0.2) is 169 Å². The maximum atomic E-state index is 12.7. The lowest BCUT2D eigenvalue weighted by Gasteiger charge is -2.45. The third-order valence-electron chi connectivity index (χ3n) is 19.1. The van der Waals surface area contributed by atoms with E-state index in [9.17, 15) is 43.8 Å². The number of aliphatic hydroxyl groups is 2. The Morgan fingerprint density at radius 2 is 0.771 bits per heavy atom. The van der Waals surface area contributed by atoms with Gasteiger partial charge in [-0.3, -0.25) is 33.6 Å². The molecule has 7 aromatic rings. The summed E-state index contributed by atoms with van der Waals surface area (Å²) in [6.45, 7) is 4.59. The molecule has 1 saturated carbocycles. The van der Waals surface area contributed by atoms with E-state index < -0.39 is 52.5 Å².